The summed E-state index contributed by atoms with van der Waals surface area (Å²) in [6.45, 7) is 1.98. The molecule has 0 aliphatic rings. The maximum atomic E-state index is 11.9. The smallest absolute Gasteiger partial charge is 0.265 e. The Bertz CT molecular complexity index is 614. The lowest BCUT2D eigenvalue weighted by atomic mass is 10.1. The maximum absolute atomic E-state index is 11.9. The summed E-state index contributed by atoms with van der Waals surface area (Å²) in [4.78, 5) is 11.9. The molecule has 0 aliphatic heterocycles. The minimum atomic E-state index is -0.580. The van der Waals surface area contributed by atoms with E-state index in [1.54, 1.807) is 24.3 Å². The van der Waals surface area contributed by atoms with Crippen LogP contribution in [0.4, 0.5) is 0 Å². The van der Waals surface area contributed by atoms with E-state index in [0.29, 0.717) is 5.56 Å². The number of hydrogen-bond donors (Lipinski definition) is 2. The summed E-state index contributed by atoms with van der Waals surface area (Å²) in [5, 5.41) is 9.17. The second-order valence-corrected chi connectivity index (χ2v) is 4.44. The molecule has 0 bridgehead atoms. The Kier molecular flexibility index (Phi) is 4.48. The van der Waals surface area contributed by atoms with Gasteiger partial charge in [0, 0.05) is 5.56 Å². The van der Waals surface area contributed by atoms with Gasteiger partial charge in [0.1, 0.15) is 6.04 Å². The number of benzene rings is 2. The summed E-state index contributed by atoms with van der Waals surface area (Å²) in [6, 6.07) is 18.0. The molecular weight excluding hydrogens is 250 g/mol. The van der Waals surface area contributed by atoms with Crippen LogP contribution in [0.2, 0.25) is 0 Å². The van der Waals surface area contributed by atoms with Crippen LogP contribution in [0.15, 0.2) is 54.6 Å². The number of hydrogen-bond acceptors (Lipinski definition) is 3. The van der Waals surface area contributed by atoms with Crippen molar-refractivity contribution >= 4 is 5.91 Å². The van der Waals surface area contributed by atoms with E-state index in [1.807, 2.05) is 37.3 Å². The van der Waals surface area contributed by atoms with E-state index in [9.17, 15) is 4.79 Å². The van der Waals surface area contributed by atoms with Crippen LogP contribution in [0.25, 0.3) is 0 Å². The van der Waals surface area contributed by atoms with Gasteiger partial charge in [-0.1, -0.05) is 48.0 Å². The van der Waals surface area contributed by atoms with Gasteiger partial charge in [-0.2, -0.15) is 5.26 Å². The van der Waals surface area contributed by atoms with E-state index in [4.69, 9.17) is 5.26 Å². The zero-order valence-corrected chi connectivity index (χ0v) is 11.1. The molecule has 1 unspecified atom stereocenters. The van der Waals surface area contributed by atoms with Crippen molar-refractivity contribution in [1.29, 1.82) is 5.26 Å². The first-order chi connectivity index (χ1) is 9.70. The lowest BCUT2D eigenvalue weighted by Gasteiger charge is -2.13. The molecule has 0 fully saturated rings. The van der Waals surface area contributed by atoms with Crippen molar-refractivity contribution in [2.45, 2.75) is 13.0 Å². The first kappa shape index (κ1) is 13.8. The molecule has 2 aromatic carbocycles. The first-order valence-corrected chi connectivity index (χ1v) is 6.28. The molecule has 2 N–H and O–H groups in total. The molecule has 2 aromatic rings. The second kappa shape index (κ2) is 6.50. The first-order valence-electron chi connectivity index (χ1n) is 6.28. The lowest BCUT2D eigenvalue weighted by Crippen LogP contribution is -2.39. The highest BCUT2D eigenvalue weighted by Crippen LogP contribution is 2.12. The summed E-state index contributed by atoms with van der Waals surface area (Å²) in [5.41, 5.74) is 7.77. The van der Waals surface area contributed by atoms with Crippen LogP contribution >= 0.6 is 0 Å². The Hall–Kier alpha value is -2.64. The van der Waals surface area contributed by atoms with Gasteiger partial charge in [-0.3, -0.25) is 10.2 Å². The van der Waals surface area contributed by atoms with Gasteiger partial charge in [0.25, 0.3) is 5.91 Å². The minimum Gasteiger partial charge on any atom is -0.286 e. The van der Waals surface area contributed by atoms with E-state index in [-0.39, 0.29) is 5.91 Å². The Morgan fingerprint density at radius 1 is 1.10 bits per heavy atom. The zero-order chi connectivity index (χ0) is 14.4. The zero-order valence-electron chi connectivity index (χ0n) is 11.1. The molecule has 0 spiro atoms. The number of hydrazine groups is 1. The molecule has 0 aliphatic carbocycles. The molecular formula is C16H15N3O. The van der Waals surface area contributed by atoms with E-state index in [2.05, 4.69) is 16.9 Å². The van der Waals surface area contributed by atoms with E-state index < -0.39 is 6.04 Å². The van der Waals surface area contributed by atoms with Gasteiger partial charge in [0.2, 0.25) is 0 Å². The molecule has 0 heterocycles. The van der Waals surface area contributed by atoms with Gasteiger partial charge in [0.15, 0.2) is 0 Å². The highest BCUT2D eigenvalue weighted by Gasteiger charge is 2.11. The number of nitrogens with zero attached hydrogens (tertiary/aromatic N) is 1. The monoisotopic (exact) mass is 265 g/mol. The number of nitriles is 1. The second-order valence-electron chi connectivity index (χ2n) is 4.44. The molecule has 1 atom stereocenters. The molecule has 0 aromatic heterocycles. The van der Waals surface area contributed by atoms with E-state index >= 15 is 0 Å². The van der Waals surface area contributed by atoms with Crippen molar-refractivity contribution < 1.29 is 4.79 Å². The van der Waals surface area contributed by atoms with Crippen molar-refractivity contribution in [1.82, 2.24) is 10.9 Å². The van der Waals surface area contributed by atoms with Crippen LogP contribution in [0.5, 0.6) is 0 Å². The predicted octanol–water partition coefficient (Wildman–Crippen LogP) is 2.49. The lowest BCUT2D eigenvalue weighted by molar-refractivity contribution is 0.0929. The van der Waals surface area contributed by atoms with Crippen LogP contribution in [0, 0.1) is 18.3 Å². The Morgan fingerprint density at radius 2 is 1.75 bits per heavy atom. The fourth-order valence-corrected chi connectivity index (χ4v) is 1.75. The Morgan fingerprint density at radius 3 is 2.35 bits per heavy atom. The Balaban J connectivity index is 2.00. The van der Waals surface area contributed by atoms with Crippen molar-refractivity contribution in [3.63, 3.8) is 0 Å². The third-order valence-corrected chi connectivity index (χ3v) is 2.91. The molecule has 20 heavy (non-hydrogen) atoms. The molecule has 0 saturated heterocycles. The van der Waals surface area contributed by atoms with Gasteiger partial charge in [-0.05, 0) is 24.6 Å². The summed E-state index contributed by atoms with van der Waals surface area (Å²) in [6.07, 6.45) is 0. The topological polar surface area (TPSA) is 64.9 Å². The third kappa shape index (κ3) is 3.44. The number of aryl methyl sites for hydroxylation is 1. The highest BCUT2D eigenvalue weighted by atomic mass is 16.2. The van der Waals surface area contributed by atoms with Gasteiger partial charge < -0.3 is 0 Å². The maximum Gasteiger partial charge on any atom is 0.265 e. The van der Waals surface area contributed by atoms with Crippen LogP contribution in [0.3, 0.4) is 0 Å². The van der Waals surface area contributed by atoms with Gasteiger partial charge in [-0.25, -0.2) is 5.43 Å². The third-order valence-electron chi connectivity index (χ3n) is 2.91. The summed E-state index contributed by atoms with van der Waals surface area (Å²) in [5.74, 6) is -0.266. The fourth-order valence-electron chi connectivity index (χ4n) is 1.75. The fraction of sp³-hybridized carbons (Fsp3) is 0.125. The number of amides is 1. The van der Waals surface area contributed by atoms with Crippen LogP contribution < -0.4 is 10.9 Å². The highest BCUT2D eigenvalue weighted by molar-refractivity contribution is 5.93. The van der Waals surface area contributed by atoms with Crippen molar-refractivity contribution in [3.05, 3.63) is 71.3 Å². The van der Waals surface area contributed by atoms with E-state index in [0.717, 1.165) is 11.1 Å². The SMILES string of the molecule is Cc1ccc(C(C#N)NNC(=O)c2ccccc2)cc1. The summed E-state index contributed by atoms with van der Waals surface area (Å²) in [7, 11) is 0. The molecule has 1 amide bonds. The van der Waals surface area contributed by atoms with Crippen LogP contribution in [-0.4, -0.2) is 5.91 Å². The molecule has 4 nitrogen and oxygen atoms in total. The van der Waals surface area contributed by atoms with E-state index in [1.165, 1.54) is 0 Å². The molecule has 4 heteroatoms. The normalized spacial score (nSPS) is 11.4. The standard InChI is InChI=1S/C16H15N3O/c1-12-7-9-13(10-8-12)15(11-17)18-19-16(20)14-5-3-2-4-6-14/h2-10,15,18H,1H3,(H,19,20). The number of carbonyl (C=O) groups excluding carboxylic acids is 1. The number of nitrogens with one attached hydrogen (secondary N) is 2. The predicted molar refractivity (Wildman–Crippen MR) is 76.6 cm³/mol. The van der Waals surface area contributed by atoms with Crippen molar-refractivity contribution in [2.75, 3.05) is 0 Å². The summed E-state index contributed by atoms with van der Waals surface area (Å²) < 4.78 is 0. The average molecular weight is 265 g/mol. The molecule has 0 radical (unpaired) electrons. The molecule has 100 valence electrons. The van der Waals surface area contributed by atoms with Crippen molar-refractivity contribution in [3.8, 4) is 6.07 Å². The van der Waals surface area contributed by atoms with Gasteiger partial charge >= 0.3 is 0 Å². The molecule has 2 rings (SSSR count). The van der Waals surface area contributed by atoms with Crippen LogP contribution in [0.1, 0.15) is 27.5 Å². The number of rotatable bonds is 4. The summed E-state index contributed by atoms with van der Waals surface area (Å²) >= 11 is 0. The average Bonchev–Trinajstić information content (AvgIpc) is 2.50. The van der Waals surface area contributed by atoms with Gasteiger partial charge in [0.05, 0.1) is 6.07 Å². The van der Waals surface area contributed by atoms with Gasteiger partial charge in [-0.15, -0.1) is 0 Å². The van der Waals surface area contributed by atoms with Crippen molar-refractivity contribution in [2.24, 2.45) is 0 Å². The quantitative estimate of drug-likeness (QED) is 0.835. The molecule has 0 saturated carbocycles. The Labute approximate surface area is 118 Å². The minimum absolute atomic E-state index is 0.266. The number of carbonyl (C=O) groups is 1. The largest absolute Gasteiger partial charge is 0.286 e. The van der Waals surface area contributed by atoms with Crippen LogP contribution in [-0.2, 0) is 0 Å².